The number of imidazole rings is 1. The molecule has 4 rings (SSSR count). The number of aromatic amines is 1. The van der Waals surface area contributed by atoms with Crippen LogP contribution >= 0.6 is 11.8 Å². The first-order chi connectivity index (χ1) is 13.0. The summed E-state index contributed by atoms with van der Waals surface area (Å²) in [5, 5.41) is 3.27. The van der Waals surface area contributed by atoms with Crippen LogP contribution in [0.3, 0.4) is 0 Å². The summed E-state index contributed by atoms with van der Waals surface area (Å²) in [6, 6.07) is 8.09. The molecule has 27 heavy (non-hydrogen) atoms. The molecule has 0 unspecified atom stereocenters. The number of hydrogen-bond donors (Lipinski definition) is 2. The van der Waals surface area contributed by atoms with E-state index in [0.29, 0.717) is 28.3 Å². The molecule has 1 aliphatic rings. The van der Waals surface area contributed by atoms with E-state index in [-0.39, 0.29) is 17.3 Å². The average Bonchev–Trinajstić information content (AvgIpc) is 3.30. The molecule has 0 atom stereocenters. The predicted octanol–water partition coefficient (Wildman–Crippen LogP) is 4.14. The van der Waals surface area contributed by atoms with E-state index in [1.54, 1.807) is 18.2 Å². The number of nitrogens with zero attached hydrogens (tertiary/aromatic N) is 2. The van der Waals surface area contributed by atoms with Crippen molar-refractivity contribution >= 4 is 33.9 Å². The molecule has 0 spiro atoms. The van der Waals surface area contributed by atoms with Gasteiger partial charge in [0.15, 0.2) is 5.17 Å². The second-order valence-electron chi connectivity index (χ2n) is 5.81. The third-order valence-corrected chi connectivity index (χ3v) is 4.96. The third-order valence-electron chi connectivity index (χ3n) is 4.07. The van der Waals surface area contributed by atoms with Crippen LogP contribution in [0.5, 0.6) is 0 Å². The lowest BCUT2D eigenvalue weighted by Crippen LogP contribution is -2.27. The van der Waals surface area contributed by atoms with Crippen molar-refractivity contribution in [3.05, 3.63) is 53.3 Å². The molecule has 0 radical (unpaired) electrons. The van der Waals surface area contributed by atoms with Crippen LogP contribution in [0.2, 0.25) is 0 Å². The number of benzene rings is 2. The molecular weight excluding hydrogens is 377 g/mol. The maximum absolute atomic E-state index is 13.4. The number of amidine groups is 1. The normalized spacial score (nSPS) is 14.0. The van der Waals surface area contributed by atoms with E-state index < -0.39 is 17.8 Å². The van der Waals surface area contributed by atoms with Gasteiger partial charge >= 0.3 is 0 Å². The number of carbonyl (C=O) groups is 1. The fourth-order valence-corrected chi connectivity index (χ4v) is 3.57. The number of thioether (sulfide) groups is 1. The van der Waals surface area contributed by atoms with Crippen LogP contribution in [0.15, 0.2) is 41.4 Å². The number of nitrogens with one attached hydrogen (secondary N) is 2. The number of aromatic nitrogens is 2. The molecule has 0 bridgehead atoms. The number of H-pyrrole nitrogens is 1. The molecule has 1 aliphatic heterocycles. The summed E-state index contributed by atoms with van der Waals surface area (Å²) in [4.78, 5) is 24.0. The van der Waals surface area contributed by atoms with Gasteiger partial charge in [0.05, 0.1) is 17.6 Å². The molecule has 2 N–H and O–H groups in total. The van der Waals surface area contributed by atoms with Gasteiger partial charge in [-0.15, -0.1) is 0 Å². The van der Waals surface area contributed by atoms with Gasteiger partial charge in [-0.3, -0.25) is 9.79 Å². The number of carbonyl (C=O) groups excluding carboxylic acids is 1. The summed E-state index contributed by atoms with van der Waals surface area (Å²) < 4.78 is 40.0. The molecule has 5 nitrogen and oxygen atoms in total. The van der Waals surface area contributed by atoms with Gasteiger partial charge in [-0.25, -0.2) is 18.2 Å². The van der Waals surface area contributed by atoms with Gasteiger partial charge in [0.1, 0.15) is 17.2 Å². The minimum atomic E-state index is -2.86. The van der Waals surface area contributed by atoms with Gasteiger partial charge in [-0.05, 0) is 30.3 Å². The Balaban J connectivity index is 1.76. The van der Waals surface area contributed by atoms with E-state index in [0.717, 1.165) is 17.9 Å². The summed E-state index contributed by atoms with van der Waals surface area (Å²) in [5.41, 5.74) is 0.786. The zero-order valence-electron chi connectivity index (χ0n) is 13.8. The van der Waals surface area contributed by atoms with Crippen LogP contribution in [0.4, 0.5) is 13.2 Å². The zero-order valence-corrected chi connectivity index (χ0v) is 14.6. The Morgan fingerprint density at radius 1 is 1.26 bits per heavy atom. The van der Waals surface area contributed by atoms with Crippen LogP contribution in [0.1, 0.15) is 22.3 Å². The molecular formula is C18H13F3N4OS. The van der Waals surface area contributed by atoms with Gasteiger partial charge in [-0.1, -0.05) is 17.8 Å². The number of fused-ring (bicyclic) bond motifs is 1. The molecule has 2 heterocycles. The Bertz CT molecular complexity index is 1060. The fourth-order valence-electron chi connectivity index (χ4n) is 2.85. The number of rotatable bonds is 3. The van der Waals surface area contributed by atoms with E-state index >= 15 is 0 Å². The van der Waals surface area contributed by atoms with Crippen molar-refractivity contribution in [3.63, 3.8) is 0 Å². The topological polar surface area (TPSA) is 70.1 Å². The number of alkyl halides is 2. The lowest BCUT2D eigenvalue weighted by Gasteiger charge is -2.06. The molecule has 9 heteroatoms. The van der Waals surface area contributed by atoms with Crippen LogP contribution < -0.4 is 5.32 Å². The van der Waals surface area contributed by atoms with E-state index in [9.17, 15) is 18.0 Å². The highest BCUT2D eigenvalue weighted by atomic mass is 32.2. The number of hydrogen-bond acceptors (Lipinski definition) is 4. The van der Waals surface area contributed by atoms with E-state index in [2.05, 4.69) is 20.3 Å². The predicted molar refractivity (Wildman–Crippen MR) is 98.7 cm³/mol. The number of amides is 1. The monoisotopic (exact) mass is 390 g/mol. The SMILES string of the molecule is O=C(NC1=NCCS1)c1cccc2[nH]c(-c3ccc(F)cc3C(F)F)nc12. The van der Waals surface area contributed by atoms with Crippen LogP contribution in [-0.2, 0) is 0 Å². The molecule has 0 saturated carbocycles. The summed E-state index contributed by atoms with van der Waals surface area (Å²) in [6.07, 6.45) is -2.86. The second-order valence-corrected chi connectivity index (χ2v) is 6.89. The molecule has 2 aromatic carbocycles. The standard InChI is InChI=1S/C18H13F3N4OS/c19-9-4-5-10(12(8-9)15(20)21)16-23-13-3-1-2-11(14(13)24-16)17(26)25-18-22-6-7-27-18/h1-5,8,15H,6-7H2,(H,23,24)(H,22,25,26). The van der Waals surface area contributed by atoms with E-state index in [1.165, 1.54) is 17.8 Å². The fraction of sp³-hybridized carbons (Fsp3) is 0.167. The molecule has 0 aliphatic carbocycles. The molecule has 0 fully saturated rings. The van der Waals surface area contributed by atoms with Gasteiger partial charge < -0.3 is 10.3 Å². The van der Waals surface area contributed by atoms with Gasteiger partial charge in [0.25, 0.3) is 12.3 Å². The third kappa shape index (κ3) is 3.42. The molecule has 1 amide bonds. The quantitative estimate of drug-likeness (QED) is 0.706. The Labute approximate surface area is 156 Å². The molecule has 3 aromatic rings. The summed E-state index contributed by atoms with van der Waals surface area (Å²) in [5.74, 6) is -0.166. The first-order valence-corrected chi connectivity index (χ1v) is 9.07. The zero-order chi connectivity index (χ0) is 19.0. The van der Waals surface area contributed by atoms with Crippen LogP contribution in [0, 0.1) is 5.82 Å². The van der Waals surface area contributed by atoms with Gasteiger partial charge in [-0.2, -0.15) is 0 Å². The number of aliphatic imine (C=N–C) groups is 1. The van der Waals surface area contributed by atoms with Crippen molar-refractivity contribution in [1.82, 2.24) is 15.3 Å². The summed E-state index contributed by atoms with van der Waals surface area (Å²) >= 11 is 1.45. The van der Waals surface area contributed by atoms with Crippen LogP contribution in [0.25, 0.3) is 22.4 Å². The Morgan fingerprint density at radius 3 is 2.85 bits per heavy atom. The highest BCUT2D eigenvalue weighted by Crippen LogP contribution is 2.32. The van der Waals surface area contributed by atoms with Crippen molar-refractivity contribution in [2.45, 2.75) is 6.43 Å². The van der Waals surface area contributed by atoms with Crippen molar-refractivity contribution in [2.75, 3.05) is 12.3 Å². The Kier molecular flexibility index (Phi) is 4.61. The lowest BCUT2D eigenvalue weighted by atomic mass is 10.1. The van der Waals surface area contributed by atoms with Crippen LogP contribution in [-0.4, -0.2) is 33.3 Å². The van der Waals surface area contributed by atoms with Crippen molar-refractivity contribution in [1.29, 1.82) is 0 Å². The molecule has 0 saturated heterocycles. The average molecular weight is 390 g/mol. The highest BCUT2D eigenvalue weighted by Gasteiger charge is 2.20. The number of halogens is 3. The first kappa shape index (κ1) is 17.6. The minimum Gasteiger partial charge on any atom is -0.338 e. The molecule has 138 valence electrons. The first-order valence-electron chi connectivity index (χ1n) is 8.08. The summed E-state index contributed by atoms with van der Waals surface area (Å²) in [6.45, 7) is 0.651. The molecule has 1 aromatic heterocycles. The Morgan fingerprint density at radius 2 is 2.11 bits per heavy atom. The summed E-state index contributed by atoms with van der Waals surface area (Å²) in [7, 11) is 0. The lowest BCUT2D eigenvalue weighted by molar-refractivity contribution is 0.0979. The largest absolute Gasteiger partial charge is 0.338 e. The van der Waals surface area contributed by atoms with E-state index in [4.69, 9.17) is 0 Å². The van der Waals surface area contributed by atoms with E-state index in [1.807, 2.05) is 0 Å². The second kappa shape index (κ2) is 7.07. The van der Waals surface area contributed by atoms with Crippen molar-refractivity contribution in [3.8, 4) is 11.4 Å². The van der Waals surface area contributed by atoms with Crippen molar-refractivity contribution < 1.29 is 18.0 Å². The maximum Gasteiger partial charge on any atom is 0.264 e. The maximum atomic E-state index is 13.4. The number of para-hydroxylation sites is 1. The van der Waals surface area contributed by atoms with Crippen molar-refractivity contribution in [2.24, 2.45) is 4.99 Å². The Hall–Kier alpha value is -2.81. The van der Waals surface area contributed by atoms with Gasteiger partial charge in [0.2, 0.25) is 0 Å². The highest BCUT2D eigenvalue weighted by molar-refractivity contribution is 8.14. The minimum absolute atomic E-state index is 0.0877. The smallest absolute Gasteiger partial charge is 0.264 e. The van der Waals surface area contributed by atoms with Gasteiger partial charge in [0, 0.05) is 16.9 Å².